The number of nitrogens with one attached hydrogen (secondary N) is 2. The van der Waals surface area contributed by atoms with Crippen molar-refractivity contribution in [1.29, 1.82) is 0 Å². The molecular formula is C9H17FN2. The molecule has 0 spiro atoms. The van der Waals surface area contributed by atoms with E-state index < -0.39 is 0 Å². The second-order valence-electron chi connectivity index (χ2n) is 3.17. The van der Waals surface area contributed by atoms with Gasteiger partial charge in [-0.25, -0.2) is 4.39 Å². The summed E-state index contributed by atoms with van der Waals surface area (Å²) in [7, 11) is 0. The van der Waals surface area contributed by atoms with E-state index in [2.05, 4.69) is 17.2 Å². The Morgan fingerprint density at radius 2 is 2.17 bits per heavy atom. The summed E-state index contributed by atoms with van der Waals surface area (Å²) in [5.74, 6) is 0.540. The SMILES string of the molecule is C=C(NCCF)C1CCNCC1. The zero-order valence-electron chi connectivity index (χ0n) is 7.41. The third-order valence-electron chi connectivity index (χ3n) is 2.28. The predicted octanol–water partition coefficient (Wildman–Crippen LogP) is 1.06. The van der Waals surface area contributed by atoms with E-state index in [-0.39, 0.29) is 6.67 Å². The third kappa shape index (κ3) is 2.81. The maximum atomic E-state index is 11.8. The fourth-order valence-corrected chi connectivity index (χ4v) is 1.52. The number of hydrogen-bond acceptors (Lipinski definition) is 2. The average molecular weight is 172 g/mol. The fraction of sp³-hybridized carbons (Fsp3) is 0.778. The molecule has 2 N–H and O–H groups in total. The molecule has 1 aliphatic heterocycles. The van der Waals surface area contributed by atoms with Crippen LogP contribution in [0.3, 0.4) is 0 Å². The first-order chi connectivity index (χ1) is 5.84. The zero-order chi connectivity index (χ0) is 8.81. The fourth-order valence-electron chi connectivity index (χ4n) is 1.52. The van der Waals surface area contributed by atoms with Crippen molar-refractivity contribution in [3.05, 3.63) is 12.3 Å². The second-order valence-corrected chi connectivity index (χ2v) is 3.17. The first-order valence-electron chi connectivity index (χ1n) is 4.54. The van der Waals surface area contributed by atoms with Crippen LogP contribution >= 0.6 is 0 Å². The summed E-state index contributed by atoms with van der Waals surface area (Å²) >= 11 is 0. The normalized spacial score (nSPS) is 19.1. The molecule has 0 aliphatic carbocycles. The standard InChI is InChI=1S/C9H17FN2/c1-8(12-7-4-10)9-2-5-11-6-3-9/h9,11-12H,1-7H2. The average Bonchev–Trinajstić information content (AvgIpc) is 2.15. The summed E-state index contributed by atoms with van der Waals surface area (Å²) in [6.07, 6.45) is 2.25. The van der Waals surface area contributed by atoms with Crippen LogP contribution in [0, 0.1) is 5.92 Å². The molecule has 1 heterocycles. The Morgan fingerprint density at radius 3 is 2.75 bits per heavy atom. The van der Waals surface area contributed by atoms with Crippen LogP contribution in [0.25, 0.3) is 0 Å². The molecule has 0 bridgehead atoms. The summed E-state index contributed by atoms with van der Waals surface area (Å²) in [6.45, 7) is 6.11. The smallest absolute Gasteiger partial charge is 0.107 e. The molecule has 70 valence electrons. The van der Waals surface area contributed by atoms with Gasteiger partial charge in [0.15, 0.2) is 0 Å². The van der Waals surface area contributed by atoms with Crippen molar-refractivity contribution in [1.82, 2.24) is 10.6 Å². The molecule has 3 heteroatoms. The number of rotatable bonds is 4. The molecule has 0 amide bonds. The first kappa shape index (κ1) is 9.52. The highest BCUT2D eigenvalue weighted by Gasteiger charge is 2.15. The summed E-state index contributed by atoms with van der Waals surface area (Å²) < 4.78 is 11.8. The van der Waals surface area contributed by atoms with E-state index in [9.17, 15) is 4.39 Å². The van der Waals surface area contributed by atoms with Gasteiger partial charge in [0.05, 0.1) is 0 Å². The van der Waals surface area contributed by atoms with Gasteiger partial charge in [-0.3, -0.25) is 0 Å². The lowest BCUT2D eigenvalue weighted by molar-refractivity contribution is 0.394. The van der Waals surface area contributed by atoms with Crippen molar-refractivity contribution in [2.45, 2.75) is 12.8 Å². The van der Waals surface area contributed by atoms with Gasteiger partial charge < -0.3 is 10.6 Å². The number of halogens is 1. The van der Waals surface area contributed by atoms with Gasteiger partial charge in [-0.2, -0.15) is 0 Å². The highest BCUT2D eigenvalue weighted by Crippen LogP contribution is 2.17. The van der Waals surface area contributed by atoms with E-state index in [0.29, 0.717) is 12.5 Å². The first-order valence-corrected chi connectivity index (χ1v) is 4.54. The minimum Gasteiger partial charge on any atom is -0.386 e. The number of alkyl halides is 1. The number of hydrogen-bond donors (Lipinski definition) is 2. The zero-order valence-corrected chi connectivity index (χ0v) is 7.41. The summed E-state index contributed by atoms with van der Waals surface area (Å²) in [5.41, 5.74) is 1.01. The number of allylic oxidation sites excluding steroid dienone is 1. The molecule has 12 heavy (non-hydrogen) atoms. The van der Waals surface area contributed by atoms with Crippen molar-refractivity contribution in [3.8, 4) is 0 Å². The summed E-state index contributed by atoms with van der Waals surface area (Å²) in [5, 5.41) is 6.29. The lowest BCUT2D eigenvalue weighted by atomic mass is 9.95. The number of piperidine rings is 1. The molecule has 0 aromatic rings. The van der Waals surface area contributed by atoms with Gasteiger partial charge in [0.25, 0.3) is 0 Å². The van der Waals surface area contributed by atoms with Gasteiger partial charge in [-0.05, 0) is 25.9 Å². The maximum absolute atomic E-state index is 11.8. The molecular weight excluding hydrogens is 155 g/mol. The van der Waals surface area contributed by atoms with Gasteiger partial charge >= 0.3 is 0 Å². The van der Waals surface area contributed by atoms with Crippen molar-refractivity contribution < 1.29 is 4.39 Å². The molecule has 1 saturated heterocycles. The highest BCUT2D eigenvalue weighted by molar-refractivity contribution is 4.99. The predicted molar refractivity (Wildman–Crippen MR) is 48.7 cm³/mol. The lowest BCUT2D eigenvalue weighted by Crippen LogP contribution is -2.32. The van der Waals surface area contributed by atoms with Crippen molar-refractivity contribution in [2.75, 3.05) is 26.3 Å². The Labute approximate surface area is 73.2 Å². The van der Waals surface area contributed by atoms with Crippen molar-refractivity contribution in [2.24, 2.45) is 5.92 Å². The summed E-state index contributed by atoms with van der Waals surface area (Å²) in [4.78, 5) is 0. The molecule has 0 aromatic heterocycles. The Morgan fingerprint density at radius 1 is 1.50 bits per heavy atom. The molecule has 0 radical (unpaired) electrons. The molecule has 1 rings (SSSR count). The van der Waals surface area contributed by atoms with Crippen LogP contribution in [0.4, 0.5) is 4.39 Å². The van der Waals surface area contributed by atoms with Gasteiger partial charge in [-0.1, -0.05) is 6.58 Å². The van der Waals surface area contributed by atoms with Crippen molar-refractivity contribution in [3.63, 3.8) is 0 Å². The molecule has 1 fully saturated rings. The van der Waals surface area contributed by atoms with E-state index in [1.807, 2.05) is 0 Å². The van der Waals surface area contributed by atoms with E-state index in [0.717, 1.165) is 31.6 Å². The maximum Gasteiger partial charge on any atom is 0.107 e. The van der Waals surface area contributed by atoms with E-state index in [1.54, 1.807) is 0 Å². The van der Waals surface area contributed by atoms with Crippen LogP contribution < -0.4 is 10.6 Å². The van der Waals surface area contributed by atoms with E-state index >= 15 is 0 Å². The minimum atomic E-state index is -0.315. The van der Waals surface area contributed by atoms with Gasteiger partial charge in [0, 0.05) is 18.2 Å². The quantitative estimate of drug-likeness (QED) is 0.662. The monoisotopic (exact) mass is 172 g/mol. The van der Waals surface area contributed by atoms with Gasteiger partial charge in [-0.15, -0.1) is 0 Å². The minimum absolute atomic E-state index is 0.315. The summed E-state index contributed by atoms with van der Waals surface area (Å²) in [6, 6.07) is 0. The van der Waals surface area contributed by atoms with Crippen LogP contribution in [-0.4, -0.2) is 26.3 Å². The van der Waals surface area contributed by atoms with Gasteiger partial charge in [0.1, 0.15) is 6.67 Å². The van der Waals surface area contributed by atoms with Crippen LogP contribution in [0.2, 0.25) is 0 Å². The van der Waals surface area contributed by atoms with Crippen LogP contribution in [0.15, 0.2) is 12.3 Å². The molecule has 1 aliphatic rings. The van der Waals surface area contributed by atoms with E-state index in [1.165, 1.54) is 0 Å². The second kappa shape index (κ2) is 5.14. The lowest BCUT2D eigenvalue weighted by Gasteiger charge is -2.25. The Hall–Kier alpha value is -0.570. The highest BCUT2D eigenvalue weighted by atomic mass is 19.1. The molecule has 2 nitrogen and oxygen atoms in total. The van der Waals surface area contributed by atoms with E-state index in [4.69, 9.17) is 0 Å². The van der Waals surface area contributed by atoms with Crippen LogP contribution in [0.5, 0.6) is 0 Å². The topological polar surface area (TPSA) is 24.1 Å². The Bertz CT molecular complexity index is 141. The van der Waals surface area contributed by atoms with Crippen molar-refractivity contribution >= 4 is 0 Å². The molecule has 0 saturated carbocycles. The Balaban J connectivity index is 2.20. The largest absolute Gasteiger partial charge is 0.386 e. The molecule has 0 atom stereocenters. The molecule has 0 aromatic carbocycles. The third-order valence-corrected chi connectivity index (χ3v) is 2.28. The molecule has 0 unspecified atom stereocenters. The van der Waals surface area contributed by atoms with Crippen LogP contribution in [0.1, 0.15) is 12.8 Å². The van der Waals surface area contributed by atoms with Gasteiger partial charge in [0.2, 0.25) is 0 Å². The van der Waals surface area contributed by atoms with Crippen LogP contribution in [-0.2, 0) is 0 Å². The Kier molecular flexibility index (Phi) is 4.08.